The molecule has 0 saturated carbocycles. The molecule has 0 spiro atoms. The zero-order valence-corrected chi connectivity index (χ0v) is 16.3. The number of rotatable bonds is 0. The van der Waals surface area contributed by atoms with Gasteiger partial charge in [0.15, 0.2) is 0 Å². The average Bonchev–Trinajstić information content (AvgIpc) is 3.28. The van der Waals surface area contributed by atoms with E-state index in [1.165, 1.54) is 102 Å². The van der Waals surface area contributed by atoms with E-state index in [2.05, 4.69) is 12.1 Å². The van der Waals surface area contributed by atoms with Crippen molar-refractivity contribution >= 4 is 23.5 Å². The van der Waals surface area contributed by atoms with Gasteiger partial charge in [-0.15, -0.1) is 23.5 Å². The molecule has 1 aliphatic heterocycles. The first-order chi connectivity index (χ1) is 12.4. The first-order valence-corrected chi connectivity index (χ1v) is 11.7. The Bertz CT molecular complexity index is 749. The summed E-state index contributed by atoms with van der Waals surface area (Å²) in [5.41, 5.74) is 8.33. The van der Waals surface area contributed by atoms with Crippen LogP contribution in [0, 0.1) is 0 Å². The fourth-order valence-corrected chi connectivity index (χ4v) is 6.53. The Kier molecular flexibility index (Phi) is 4.51. The number of hydrogen-bond donors (Lipinski definition) is 0. The van der Waals surface area contributed by atoms with Crippen LogP contribution in [0.3, 0.4) is 0 Å². The Balaban J connectivity index is 1.65. The second-order valence-corrected chi connectivity index (χ2v) is 9.53. The molecular weight excluding hydrogens is 344 g/mol. The molecule has 0 atom stereocenters. The van der Waals surface area contributed by atoms with E-state index in [0.717, 1.165) is 11.4 Å². The van der Waals surface area contributed by atoms with Gasteiger partial charge >= 0.3 is 0 Å². The third-order valence-corrected chi connectivity index (χ3v) is 7.84. The molecule has 2 nitrogen and oxygen atoms in total. The van der Waals surface area contributed by atoms with Crippen LogP contribution in [0.2, 0.25) is 0 Å². The highest BCUT2D eigenvalue weighted by Gasteiger charge is 2.22. The van der Waals surface area contributed by atoms with E-state index in [4.69, 9.17) is 9.97 Å². The zero-order chi connectivity index (χ0) is 16.6. The Morgan fingerprint density at radius 3 is 1.64 bits per heavy atom. The quantitative estimate of drug-likeness (QED) is 0.614. The summed E-state index contributed by atoms with van der Waals surface area (Å²) in [5.74, 6) is 2.41. The lowest BCUT2D eigenvalue weighted by Crippen LogP contribution is -1.99. The van der Waals surface area contributed by atoms with Crippen LogP contribution in [0.15, 0.2) is 22.2 Å². The smallest absolute Gasteiger partial charge is 0.100 e. The van der Waals surface area contributed by atoms with Gasteiger partial charge in [-0.25, -0.2) is 9.97 Å². The molecule has 0 N–H and O–H groups in total. The van der Waals surface area contributed by atoms with Crippen molar-refractivity contribution in [3.05, 3.63) is 34.4 Å². The van der Waals surface area contributed by atoms with Crippen LogP contribution in [0.1, 0.15) is 54.4 Å². The Labute approximate surface area is 158 Å². The van der Waals surface area contributed by atoms with Crippen LogP contribution in [0.4, 0.5) is 0 Å². The van der Waals surface area contributed by atoms with E-state index >= 15 is 0 Å². The highest BCUT2D eigenvalue weighted by atomic mass is 32.2. The van der Waals surface area contributed by atoms with Crippen LogP contribution in [0.5, 0.6) is 0 Å². The maximum atomic E-state index is 5.10. The van der Waals surface area contributed by atoms with Gasteiger partial charge in [0.1, 0.15) is 10.1 Å². The molecule has 3 aliphatic rings. The minimum absolute atomic E-state index is 1.11. The lowest BCUT2D eigenvalue weighted by atomic mass is 10.1. The van der Waals surface area contributed by atoms with Gasteiger partial charge in [0, 0.05) is 0 Å². The van der Waals surface area contributed by atoms with Crippen molar-refractivity contribution < 1.29 is 0 Å². The Hall–Kier alpha value is -1.00. The lowest BCUT2D eigenvalue weighted by Gasteiger charge is -2.13. The SMILES string of the molecule is c1c2nc(c3c1CCC3)SCCCCCSc1nc-2cc2c1CCC2. The third-order valence-electron chi connectivity index (χ3n) is 5.63. The minimum atomic E-state index is 1.11. The van der Waals surface area contributed by atoms with Crippen LogP contribution < -0.4 is 0 Å². The van der Waals surface area contributed by atoms with Crippen LogP contribution >= 0.6 is 23.5 Å². The molecule has 130 valence electrons. The van der Waals surface area contributed by atoms with Gasteiger partial charge in [0.05, 0.1) is 11.4 Å². The standard InChI is InChI=1S/C21H24N2S2/c1-2-10-24-20-16-8-4-6-14(16)12-18(22-20)19-13-15-7-5-9-17(15)21(23-19)25-11-3-1/h12-13H,1-11H2. The van der Waals surface area contributed by atoms with E-state index in [1.54, 1.807) is 0 Å². The largest absolute Gasteiger partial charge is 0.240 e. The Morgan fingerprint density at radius 1 is 0.600 bits per heavy atom. The van der Waals surface area contributed by atoms with Crippen molar-refractivity contribution in [3.8, 4) is 11.4 Å². The van der Waals surface area contributed by atoms with Gasteiger partial charge in [0.2, 0.25) is 0 Å². The summed E-state index contributed by atoms with van der Waals surface area (Å²) in [6, 6.07) is 4.67. The summed E-state index contributed by atoms with van der Waals surface area (Å²) in [6.07, 6.45) is 11.3. The van der Waals surface area contributed by atoms with E-state index in [9.17, 15) is 0 Å². The normalized spacial score (nSPS) is 19.5. The number of nitrogens with zero attached hydrogens (tertiary/aromatic N) is 2. The first-order valence-electron chi connectivity index (χ1n) is 9.70. The minimum Gasteiger partial charge on any atom is -0.240 e. The average molecular weight is 369 g/mol. The van der Waals surface area contributed by atoms with Crippen molar-refractivity contribution in [3.63, 3.8) is 0 Å². The molecule has 4 heteroatoms. The van der Waals surface area contributed by atoms with E-state index in [1.807, 2.05) is 23.5 Å². The van der Waals surface area contributed by atoms with E-state index in [-0.39, 0.29) is 0 Å². The molecular formula is C21H24N2S2. The van der Waals surface area contributed by atoms with Gasteiger partial charge in [-0.05, 0) is 97.3 Å². The molecule has 0 aromatic carbocycles. The summed E-state index contributed by atoms with van der Waals surface area (Å²) in [6.45, 7) is 0. The van der Waals surface area contributed by atoms with Crippen LogP contribution in [0.25, 0.3) is 11.4 Å². The topological polar surface area (TPSA) is 25.8 Å². The van der Waals surface area contributed by atoms with E-state index < -0.39 is 0 Å². The van der Waals surface area contributed by atoms with Gasteiger partial charge < -0.3 is 0 Å². The fourth-order valence-electron chi connectivity index (χ4n) is 4.31. The van der Waals surface area contributed by atoms with Crippen molar-refractivity contribution in [2.75, 3.05) is 11.5 Å². The third kappa shape index (κ3) is 3.12. The summed E-state index contributed by atoms with van der Waals surface area (Å²) >= 11 is 3.96. The molecule has 0 radical (unpaired) electrons. The number of thioether (sulfide) groups is 2. The number of aryl methyl sites for hydroxylation is 2. The van der Waals surface area contributed by atoms with Gasteiger partial charge in [-0.2, -0.15) is 0 Å². The van der Waals surface area contributed by atoms with Crippen molar-refractivity contribution in [2.24, 2.45) is 0 Å². The number of pyridine rings is 2. The molecule has 2 aliphatic carbocycles. The molecule has 2 aromatic rings. The van der Waals surface area contributed by atoms with Crippen molar-refractivity contribution in [2.45, 2.75) is 67.8 Å². The summed E-state index contributed by atoms with van der Waals surface area (Å²) < 4.78 is 0. The van der Waals surface area contributed by atoms with Crippen LogP contribution in [-0.4, -0.2) is 21.5 Å². The molecule has 25 heavy (non-hydrogen) atoms. The Morgan fingerprint density at radius 2 is 1.12 bits per heavy atom. The van der Waals surface area contributed by atoms with Gasteiger partial charge in [-0.3, -0.25) is 0 Å². The maximum Gasteiger partial charge on any atom is 0.100 e. The monoisotopic (exact) mass is 368 g/mol. The molecule has 0 fully saturated rings. The molecule has 3 heterocycles. The lowest BCUT2D eigenvalue weighted by molar-refractivity contribution is 0.784. The molecule has 4 bridgehead atoms. The number of aromatic nitrogens is 2. The second-order valence-electron chi connectivity index (χ2n) is 7.37. The molecule has 0 unspecified atom stereocenters. The van der Waals surface area contributed by atoms with Gasteiger partial charge in [0.25, 0.3) is 0 Å². The predicted molar refractivity (Wildman–Crippen MR) is 107 cm³/mol. The molecule has 0 amide bonds. The highest BCUT2D eigenvalue weighted by molar-refractivity contribution is 7.99. The summed E-state index contributed by atoms with van der Waals surface area (Å²) in [5, 5.41) is 2.58. The van der Waals surface area contributed by atoms with Crippen molar-refractivity contribution in [1.82, 2.24) is 9.97 Å². The van der Waals surface area contributed by atoms with Crippen LogP contribution in [-0.2, 0) is 25.7 Å². The first kappa shape index (κ1) is 16.2. The number of fused-ring (bicyclic) bond motifs is 9. The van der Waals surface area contributed by atoms with Gasteiger partial charge in [-0.1, -0.05) is 6.42 Å². The summed E-state index contributed by atoms with van der Waals surface area (Å²) in [7, 11) is 0. The second kappa shape index (κ2) is 6.96. The van der Waals surface area contributed by atoms with Crippen molar-refractivity contribution in [1.29, 1.82) is 0 Å². The molecule has 5 rings (SSSR count). The number of hydrogen-bond acceptors (Lipinski definition) is 4. The molecule has 2 aromatic heterocycles. The van der Waals surface area contributed by atoms with E-state index in [0.29, 0.717) is 0 Å². The molecule has 0 saturated heterocycles. The zero-order valence-electron chi connectivity index (χ0n) is 14.6. The summed E-state index contributed by atoms with van der Waals surface area (Å²) in [4.78, 5) is 10.2. The predicted octanol–water partition coefficient (Wildman–Crippen LogP) is 5.49. The fraction of sp³-hybridized carbons (Fsp3) is 0.524. The highest BCUT2D eigenvalue weighted by Crippen LogP contribution is 2.37. The maximum absolute atomic E-state index is 5.10.